The van der Waals surface area contributed by atoms with Crippen molar-refractivity contribution in [2.24, 2.45) is 11.7 Å². The summed E-state index contributed by atoms with van der Waals surface area (Å²) in [6.45, 7) is 5.59. The molecule has 1 aliphatic carbocycles. The van der Waals surface area contributed by atoms with E-state index in [1.165, 1.54) is 32.1 Å². The first kappa shape index (κ1) is 15.7. The number of hydrogen-bond donors (Lipinski definition) is 2. The molecule has 96 valence electrons. The van der Waals surface area contributed by atoms with E-state index in [1.807, 2.05) is 0 Å². The van der Waals surface area contributed by atoms with Crippen molar-refractivity contribution in [1.82, 2.24) is 5.32 Å². The Kier molecular flexibility index (Phi) is 6.34. The first-order chi connectivity index (χ1) is 6.91. The first-order valence-electron chi connectivity index (χ1n) is 6.01. The van der Waals surface area contributed by atoms with Gasteiger partial charge < -0.3 is 11.1 Å². The van der Waals surface area contributed by atoms with Gasteiger partial charge in [-0.3, -0.25) is 4.79 Å². The zero-order chi connectivity index (χ0) is 11.5. The van der Waals surface area contributed by atoms with Gasteiger partial charge in [0.2, 0.25) is 5.91 Å². The molecule has 3 nitrogen and oxygen atoms in total. The van der Waals surface area contributed by atoms with E-state index in [9.17, 15) is 4.79 Å². The maximum Gasteiger partial charge on any atom is 0.239 e. The van der Waals surface area contributed by atoms with Crippen LogP contribution in [0.1, 0.15) is 52.9 Å². The molecule has 3 N–H and O–H groups in total. The number of carbonyl (C=O) groups is 1. The minimum atomic E-state index is -0.761. The van der Waals surface area contributed by atoms with Crippen LogP contribution in [0.3, 0.4) is 0 Å². The van der Waals surface area contributed by atoms with Gasteiger partial charge in [0.15, 0.2) is 0 Å². The Bertz CT molecular complexity index is 220. The number of hydrogen-bond acceptors (Lipinski definition) is 2. The Labute approximate surface area is 105 Å². The van der Waals surface area contributed by atoms with Crippen LogP contribution in [0, 0.1) is 5.92 Å². The third-order valence-corrected chi connectivity index (χ3v) is 3.30. The second kappa shape index (κ2) is 6.45. The monoisotopic (exact) mass is 248 g/mol. The Morgan fingerprint density at radius 3 is 2.25 bits per heavy atom. The molecule has 0 aliphatic heterocycles. The van der Waals surface area contributed by atoms with Crippen LogP contribution in [0.5, 0.6) is 0 Å². The zero-order valence-corrected chi connectivity index (χ0v) is 11.4. The fourth-order valence-electron chi connectivity index (χ4n) is 2.14. The van der Waals surface area contributed by atoms with E-state index in [1.54, 1.807) is 13.8 Å². The van der Waals surface area contributed by atoms with Crippen molar-refractivity contribution in [2.45, 2.75) is 64.5 Å². The fraction of sp³-hybridized carbons (Fsp3) is 0.917. The summed E-state index contributed by atoms with van der Waals surface area (Å²) in [5.41, 5.74) is 4.98. The van der Waals surface area contributed by atoms with Crippen molar-refractivity contribution in [3.63, 3.8) is 0 Å². The molecule has 1 fully saturated rings. The van der Waals surface area contributed by atoms with Crippen molar-refractivity contribution in [3.05, 3.63) is 0 Å². The van der Waals surface area contributed by atoms with Crippen LogP contribution in [0.2, 0.25) is 0 Å². The van der Waals surface area contributed by atoms with Gasteiger partial charge in [-0.05, 0) is 39.5 Å². The van der Waals surface area contributed by atoms with Crippen LogP contribution in [0.4, 0.5) is 0 Å². The van der Waals surface area contributed by atoms with E-state index in [-0.39, 0.29) is 24.4 Å². The summed E-state index contributed by atoms with van der Waals surface area (Å²) in [7, 11) is 0. The minimum Gasteiger partial charge on any atom is -0.352 e. The van der Waals surface area contributed by atoms with Crippen LogP contribution in [-0.4, -0.2) is 17.5 Å². The molecule has 1 unspecified atom stereocenters. The Balaban J connectivity index is 0.00000225. The summed E-state index contributed by atoms with van der Waals surface area (Å²) >= 11 is 0. The second-order valence-electron chi connectivity index (χ2n) is 5.38. The maximum absolute atomic E-state index is 11.7. The van der Waals surface area contributed by atoms with Crippen molar-refractivity contribution in [2.75, 3.05) is 0 Å². The summed E-state index contributed by atoms with van der Waals surface area (Å²) in [4.78, 5) is 11.7. The average Bonchev–Trinajstić information content (AvgIpc) is 2.17. The van der Waals surface area contributed by atoms with E-state index in [0.717, 1.165) is 0 Å². The van der Waals surface area contributed by atoms with Gasteiger partial charge in [0.25, 0.3) is 0 Å². The largest absolute Gasteiger partial charge is 0.352 e. The van der Waals surface area contributed by atoms with Gasteiger partial charge in [0.05, 0.1) is 5.54 Å². The van der Waals surface area contributed by atoms with Crippen LogP contribution in [0.25, 0.3) is 0 Å². The molecule has 1 rings (SSSR count). The van der Waals surface area contributed by atoms with Crippen molar-refractivity contribution in [3.8, 4) is 0 Å². The topological polar surface area (TPSA) is 55.1 Å². The van der Waals surface area contributed by atoms with Gasteiger partial charge in [0, 0.05) is 6.04 Å². The molecule has 0 radical (unpaired) electrons. The smallest absolute Gasteiger partial charge is 0.239 e. The van der Waals surface area contributed by atoms with Crippen molar-refractivity contribution in [1.29, 1.82) is 0 Å². The van der Waals surface area contributed by atoms with Crippen molar-refractivity contribution < 1.29 is 4.79 Å². The van der Waals surface area contributed by atoms with Gasteiger partial charge >= 0.3 is 0 Å². The highest BCUT2D eigenvalue weighted by atomic mass is 35.5. The number of nitrogens with two attached hydrogens (primary N) is 1. The van der Waals surface area contributed by atoms with Gasteiger partial charge in [0.1, 0.15) is 0 Å². The third kappa shape index (κ3) is 4.71. The highest BCUT2D eigenvalue weighted by molar-refractivity contribution is 5.85. The lowest BCUT2D eigenvalue weighted by Gasteiger charge is -2.30. The van der Waals surface area contributed by atoms with Gasteiger partial charge in [-0.15, -0.1) is 12.4 Å². The van der Waals surface area contributed by atoms with E-state index in [2.05, 4.69) is 12.2 Å². The molecule has 1 amide bonds. The molecule has 1 atom stereocenters. The summed E-state index contributed by atoms with van der Waals surface area (Å²) in [6, 6.07) is 0.264. The third-order valence-electron chi connectivity index (χ3n) is 3.30. The molecule has 0 heterocycles. The Hall–Kier alpha value is -0.280. The summed E-state index contributed by atoms with van der Waals surface area (Å²) in [5.74, 6) is 0.602. The second-order valence-corrected chi connectivity index (χ2v) is 5.38. The van der Waals surface area contributed by atoms with Crippen molar-refractivity contribution >= 4 is 18.3 Å². The lowest BCUT2D eigenvalue weighted by molar-refractivity contribution is -0.126. The summed E-state index contributed by atoms with van der Waals surface area (Å²) in [6.07, 6.45) is 6.44. The molecule has 1 saturated carbocycles. The van der Waals surface area contributed by atoms with E-state index in [4.69, 9.17) is 5.73 Å². The predicted octanol–water partition coefficient (Wildman–Crippen LogP) is 2.23. The number of rotatable bonds is 3. The van der Waals surface area contributed by atoms with Gasteiger partial charge in [-0.1, -0.05) is 19.3 Å². The SMILES string of the molecule is CC(NC(=O)C(C)(C)N)C1CCCCC1.Cl. The van der Waals surface area contributed by atoms with Gasteiger partial charge in [-0.2, -0.15) is 0 Å². The fourth-order valence-corrected chi connectivity index (χ4v) is 2.14. The lowest BCUT2D eigenvalue weighted by Crippen LogP contribution is -2.53. The molecule has 0 spiro atoms. The van der Waals surface area contributed by atoms with Crippen LogP contribution in [0.15, 0.2) is 0 Å². The van der Waals surface area contributed by atoms with Crippen LogP contribution < -0.4 is 11.1 Å². The van der Waals surface area contributed by atoms with E-state index in [0.29, 0.717) is 5.92 Å². The molecule has 0 aromatic heterocycles. The van der Waals surface area contributed by atoms with E-state index < -0.39 is 5.54 Å². The molecule has 0 saturated heterocycles. The Morgan fingerprint density at radius 1 is 1.31 bits per heavy atom. The number of amides is 1. The maximum atomic E-state index is 11.7. The molecular weight excluding hydrogens is 224 g/mol. The van der Waals surface area contributed by atoms with E-state index >= 15 is 0 Å². The number of halogens is 1. The predicted molar refractivity (Wildman–Crippen MR) is 69.7 cm³/mol. The van der Waals surface area contributed by atoms with Gasteiger partial charge in [-0.25, -0.2) is 0 Å². The molecule has 16 heavy (non-hydrogen) atoms. The molecule has 0 aromatic rings. The van der Waals surface area contributed by atoms with Crippen LogP contribution in [-0.2, 0) is 4.79 Å². The molecule has 4 heteroatoms. The highest BCUT2D eigenvalue weighted by Crippen LogP contribution is 2.26. The Morgan fingerprint density at radius 2 is 1.81 bits per heavy atom. The standard InChI is InChI=1S/C12H24N2O.ClH/c1-9(10-7-5-4-6-8-10)14-11(15)12(2,3)13;/h9-10H,4-8,13H2,1-3H3,(H,14,15);1H. The average molecular weight is 249 g/mol. The normalized spacial score (nSPS) is 19.8. The minimum absolute atomic E-state index is 0. The molecule has 0 aromatic carbocycles. The summed E-state index contributed by atoms with van der Waals surface area (Å²) < 4.78 is 0. The molecular formula is C12H25ClN2O. The quantitative estimate of drug-likeness (QED) is 0.805. The number of nitrogens with one attached hydrogen (secondary N) is 1. The highest BCUT2D eigenvalue weighted by Gasteiger charge is 2.27. The van der Waals surface area contributed by atoms with Crippen LogP contribution >= 0.6 is 12.4 Å². The zero-order valence-electron chi connectivity index (χ0n) is 10.6. The number of carbonyl (C=O) groups excluding carboxylic acids is 1. The molecule has 1 aliphatic rings. The summed E-state index contributed by atoms with van der Waals surface area (Å²) in [5, 5.41) is 3.03. The first-order valence-corrected chi connectivity index (χ1v) is 6.01. The molecule has 0 bridgehead atoms. The lowest BCUT2D eigenvalue weighted by atomic mass is 9.84.